The number of fused-ring (bicyclic) bond motifs is 1. The van der Waals surface area contributed by atoms with Gasteiger partial charge in [0.2, 0.25) is 5.91 Å². The molecule has 0 fully saturated rings. The largest absolute Gasteiger partial charge is 0.491 e. The van der Waals surface area contributed by atoms with Gasteiger partial charge < -0.3 is 21.1 Å². The van der Waals surface area contributed by atoms with Crippen LogP contribution in [-0.4, -0.2) is 24.5 Å². The molecule has 1 atom stereocenters. The molecule has 6 heteroatoms. The molecule has 0 bridgehead atoms. The van der Waals surface area contributed by atoms with Crippen molar-refractivity contribution in [2.24, 2.45) is 10.7 Å². The Balaban J connectivity index is 1.63. The molecule has 2 aromatic rings. The predicted octanol–water partition coefficient (Wildman–Crippen LogP) is 3.33. The van der Waals surface area contributed by atoms with Crippen LogP contribution in [0, 0.1) is 0 Å². The van der Waals surface area contributed by atoms with Gasteiger partial charge in [0.15, 0.2) is 5.96 Å². The van der Waals surface area contributed by atoms with Crippen LogP contribution in [0.3, 0.4) is 0 Å². The maximum absolute atomic E-state index is 11.9. The second kappa shape index (κ2) is 7.91. The number of benzene rings is 2. The van der Waals surface area contributed by atoms with Crippen LogP contribution in [0.25, 0.3) is 0 Å². The Labute approximate surface area is 153 Å². The van der Waals surface area contributed by atoms with Crippen molar-refractivity contribution in [3.8, 4) is 5.75 Å². The van der Waals surface area contributed by atoms with Crippen molar-refractivity contribution in [2.75, 3.05) is 17.2 Å². The summed E-state index contributed by atoms with van der Waals surface area (Å²) < 4.78 is 5.62. The molecule has 0 saturated carbocycles. The van der Waals surface area contributed by atoms with Crippen molar-refractivity contribution < 1.29 is 9.53 Å². The molecule has 0 saturated heterocycles. The van der Waals surface area contributed by atoms with Gasteiger partial charge in [-0.15, -0.1) is 0 Å². The van der Waals surface area contributed by atoms with Crippen LogP contribution >= 0.6 is 0 Å². The Hall–Kier alpha value is -3.02. The highest BCUT2D eigenvalue weighted by molar-refractivity contribution is 5.95. The lowest BCUT2D eigenvalue weighted by Crippen LogP contribution is -2.27. The summed E-state index contributed by atoms with van der Waals surface area (Å²) in [6.07, 6.45) is 0.547. The first-order valence-corrected chi connectivity index (χ1v) is 8.73. The summed E-state index contributed by atoms with van der Waals surface area (Å²) in [5.41, 5.74) is 8.79. The number of hydrogen-bond donors (Lipinski definition) is 3. The zero-order valence-electron chi connectivity index (χ0n) is 15.0. The van der Waals surface area contributed by atoms with Crippen molar-refractivity contribution in [1.82, 2.24) is 0 Å². The number of carbonyl (C=O) groups is 1. The van der Waals surface area contributed by atoms with Crippen molar-refractivity contribution in [3.63, 3.8) is 0 Å². The predicted molar refractivity (Wildman–Crippen MR) is 105 cm³/mol. The standard InChI is InChI=1S/C20H24N4O2/c1-13(2)26-16-9-7-15(8-10-16)23-20(21)22-12-14-11-19(25)24-18-6-4-3-5-17(14)18/h3-10,13-14H,11-12H2,1-2H3,(H,24,25)(H3,21,22,23). The van der Waals surface area contributed by atoms with E-state index in [2.05, 4.69) is 15.6 Å². The highest BCUT2D eigenvalue weighted by atomic mass is 16.5. The lowest BCUT2D eigenvalue weighted by atomic mass is 9.91. The molecule has 0 aromatic heterocycles. The SMILES string of the molecule is CC(C)Oc1ccc(NC(N)=NCC2CC(=O)Nc3ccccc32)cc1. The van der Waals surface area contributed by atoms with Gasteiger partial charge in [-0.2, -0.15) is 0 Å². The van der Waals surface area contributed by atoms with Crippen LogP contribution in [-0.2, 0) is 4.79 Å². The van der Waals surface area contributed by atoms with E-state index in [0.29, 0.717) is 18.9 Å². The number of hydrogen-bond acceptors (Lipinski definition) is 3. The number of amides is 1. The Kier molecular flexibility index (Phi) is 5.41. The van der Waals surface area contributed by atoms with Crippen molar-refractivity contribution in [3.05, 3.63) is 54.1 Å². The maximum atomic E-state index is 11.9. The molecule has 26 heavy (non-hydrogen) atoms. The lowest BCUT2D eigenvalue weighted by Gasteiger charge is -2.24. The first kappa shape index (κ1) is 17.8. The summed E-state index contributed by atoms with van der Waals surface area (Å²) in [5, 5.41) is 5.96. The summed E-state index contributed by atoms with van der Waals surface area (Å²) >= 11 is 0. The van der Waals surface area contributed by atoms with E-state index in [9.17, 15) is 4.79 Å². The Morgan fingerprint density at radius 1 is 1.27 bits per heavy atom. The third kappa shape index (κ3) is 4.53. The van der Waals surface area contributed by atoms with Gasteiger partial charge >= 0.3 is 0 Å². The molecule has 1 heterocycles. The van der Waals surface area contributed by atoms with Crippen molar-refractivity contribution in [1.29, 1.82) is 0 Å². The van der Waals surface area contributed by atoms with E-state index in [1.165, 1.54) is 0 Å². The van der Waals surface area contributed by atoms with Crippen LogP contribution in [0.5, 0.6) is 5.75 Å². The highest BCUT2D eigenvalue weighted by Crippen LogP contribution is 2.32. The number of carbonyl (C=O) groups excluding carboxylic acids is 1. The number of nitrogens with zero attached hydrogens (tertiary/aromatic N) is 1. The van der Waals surface area contributed by atoms with E-state index in [-0.39, 0.29) is 17.9 Å². The Morgan fingerprint density at radius 2 is 2.00 bits per heavy atom. The molecule has 0 spiro atoms. The molecular weight excluding hydrogens is 328 g/mol. The van der Waals surface area contributed by atoms with Crippen LogP contribution in [0.1, 0.15) is 31.7 Å². The zero-order chi connectivity index (χ0) is 18.5. The molecule has 1 amide bonds. The minimum Gasteiger partial charge on any atom is -0.491 e. The third-order valence-electron chi connectivity index (χ3n) is 4.09. The molecule has 0 radical (unpaired) electrons. The van der Waals surface area contributed by atoms with E-state index < -0.39 is 0 Å². The second-order valence-electron chi connectivity index (χ2n) is 6.58. The summed E-state index contributed by atoms with van der Waals surface area (Å²) in [4.78, 5) is 16.3. The van der Waals surface area contributed by atoms with E-state index in [1.54, 1.807) is 0 Å². The van der Waals surface area contributed by atoms with Crippen LogP contribution in [0.2, 0.25) is 0 Å². The fraction of sp³-hybridized carbons (Fsp3) is 0.300. The van der Waals surface area contributed by atoms with Crippen molar-refractivity contribution >= 4 is 23.2 Å². The van der Waals surface area contributed by atoms with E-state index in [1.807, 2.05) is 62.4 Å². The van der Waals surface area contributed by atoms with E-state index in [0.717, 1.165) is 22.7 Å². The smallest absolute Gasteiger partial charge is 0.225 e. The fourth-order valence-corrected chi connectivity index (χ4v) is 2.95. The highest BCUT2D eigenvalue weighted by Gasteiger charge is 2.24. The van der Waals surface area contributed by atoms with Gasteiger partial charge in [-0.3, -0.25) is 9.79 Å². The molecule has 6 nitrogen and oxygen atoms in total. The summed E-state index contributed by atoms with van der Waals surface area (Å²) in [6.45, 7) is 4.43. The van der Waals surface area contributed by atoms with E-state index >= 15 is 0 Å². The molecule has 4 N–H and O–H groups in total. The number of anilines is 2. The van der Waals surface area contributed by atoms with Crippen molar-refractivity contribution in [2.45, 2.75) is 32.3 Å². The summed E-state index contributed by atoms with van der Waals surface area (Å²) in [6, 6.07) is 15.4. The van der Waals surface area contributed by atoms with Gasteiger partial charge in [-0.25, -0.2) is 0 Å². The molecule has 0 aliphatic carbocycles. The lowest BCUT2D eigenvalue weighted by molar-refractivity contribution is -0.116. The number of ether oxygens (including phenoxy) is 1. The summed E-state index contributed by atoms with van der Waals surface area (Å²) in [7, 11) is 0. The number of guanidine groups is 1. The molecule has 3 rings (SSSR count). The molecule has 1 unspecified atom stereocenters. The Morgan fingerprint density at radius 3 is 2.73 bits per heavy atom. The summed E-state index contributed by atoms with van der Waals surface area (Å²) in [5.74, 6) is 1.18. The first-order valence-electron chi connectivity index (χ1n) is 8.73. The Bertz CT molecular complexity index is 800. The van der Waals surface area contributed by atoms with Crippen LogP contribution in [0.4, 0.5) is 11.4 Å². The number of aliphatic imine (C=N–C) groups is 1. The van der Waals surface area contributed by atoms with E-state index in [4.69, 9.17) is 10.5 Å². The number of para-hydroxylation sites is 1. The zero-order valence-corrected chi connectivity index (χ0v) is 15.0. The number of nitrogens with two attached hydrogens (primary N) is 1. The van der Waals surface area contributed by atoms with Gasteiger partial charge in [0, 0.05) is 23.7 Å². The van der Waals surface area contributed by atoms with Gasteiger partial charge in [0.05, 0.1) is 12.6 Å². The average Bonchev–Trinajstić information content (AvgIpc) is 2.61. The molecule has 2 aromatic carbocycles. The third-order valence-corrected chi connectivity index (χ3v) is 4.09. The maximum Gasteiger partial charge on any atom is 0.225 e. The first-order chi connectivity index (χ1) is 12.5. The van der Waals surface area contributed by atoms with Gasteiger partial charge in [0.1, 0.15) is 5.75 Å². The van der Waals surface area contributed by atoms with Gasteiger partial charge in [0.25, 0.3) is 0 Å². The average molecular weight is 352 g/mol. The molecular formula is C20H24N4O2. The normalized spacial score (nSPS) is 16.8. The number of rotatable bonds is 5. The van der Waals surface area contributed by atoms with Gasteiger partial charge in [-0.1, -0.05) is 18.2 Å². The molecule has 136 valence electrons. The number of nitrogens with one attached hydrogen (secondary N) is 2. The monoisotopic (exact) mass is 352 g/mol. The molecule has 1 aliphatic rings. The minimum absolute atomic E-state index is 0.0103. The fourth-order valence-electron chi connectivity index (χ4n) is 2.95. The van der Waals surface area contributed by atoms with Gasteiger partial charge in [-0.05, 0) is 49.7 Å². The molecule has 1 aliphatic heterocycles. The topological polar surface area (TPSA) is 88.7 Å². The van der Waals surface area contributed by atoms with Crippen LogP contribution < -0.4 is 21.1 Å². The second-order valence-corrected chi connectivity index (χ2v) is 6.58. The minimum atomic E-state index is 0.0103. The quantitative estimate of drug-likeness (QED) is 0.569. The van der Waals surface area contributed by atoms with Crippen LogP contribution in [0.15, 0.2) is 53.5 Å².